The lowest BCUT2D eigenvalue weighted by Crippen LogP contribution is -2.49. The third kappa shape index (κ3) is 8.27. The summed E-state index contributed by atoms with van der Waals surface area (Å²) in [5.74, 6) is 0.418. The van der Waals surface area contributed by atoms with E-state index in [-0.39, 0.29) is 33.9 Å². The van der Waals surface area contributed by atoms with Gasteiger partial charge in [0.1, 0.15) is 11.0 Å². The summed E-state index contributed by atoms with van der Waals surface area (Å²) in [7, 11) is 0. The van der Waals surface area contributed by atoms with Gasteiger partial charge in [-0.15, -0.1) is 25.3 Å². The maximum atomic E-state index is 12.5. The second-order valence-electron chi connectivity index (χ2n) is 11.7. The first-order valence-electron chi connectivity index (χ1n) is 13.9. The average molecular weight is 529 g/mol. The summed E-state index contributed by atoms with van der Waals surface area (Å²) in [5.41, 5.74) is -0.450. The normalized spacial score (nSPS) is 22.7. The Morgan fingerprint density at radius 3 is 1.17 bits per heavy atom. The van der Waals surface area contributed by atoms with Crippen molar-refractivity contribution in [3.05, 3.63) is 0 Å². The number of hydrogen-bond acceptors (Lipinski definition) is 6. The Balaban J connectivity index is 1.53. The number of unbranched alkanes of at least 4 members (excludes halogenated alkanes) is 8. The van der Waals surface area contributed by atoms with Gasteiger partial charge in [-0.1, -0.05) is 71.6 Å². The van der Waals surface area contributed by atoms with Gasteiger partial charge in [0.25, 0.3) is 0 Å². The van der Waals surface area contributed by atoms with Crippen LogP contribution in [0.3, 0.4) is 0 Å². The molecule has 0 spiro atoms. The zero-order chi connectivity index (χ0) is 26.2. The molecule has 2 aliphatic rings. The molecule has 2 rings (SSSR count). The fraction of sp³-hybridized carbons (Fsp3) is 0.926. The Bertz CT molecular complexity index is 632. The lowest BCUT2D eigenvalue weighted by molar-refractivity contribution is -0.132. The maximum absolute atomic E-state index is 12.5. The van der Waals surface area contributed by atoms with Gasteiger partial charge >= 0.3 is 0 Å². The van der Waals surface area contributed by atoms with Crippen molar-refractivity contribution in [3.63, 3.8) is 0 Å². The molecule has 0 aromatic rings. The molecule has 204 valence electrons. The van der Waals surface area contributed by atoms with Crippen LogP contribution in [0.2, 0.25) is 0 Å². The van der Waals surface area contributed by atoms with E-state index in [0.717, 1.165) is 38.8 Å². The van der Waals surface area contributed by atoms with E-state index in [9.17, 15) is 9.59 Å². The summed E-state index contributed by atoms with van der Waals surface area (Å²) in [5, 5.41) is 0. The van der Waals surface area contributed by atoms with Gasteiger partial charge in [-0.3, -0.25) is 19.4 Å². The number of carbonyl (C=O) groups excluding carboxylic acids is 2. The SMILES string of the molecule is CCN1CC(=O)N(C(C)(C)CCCCCCCCCCCC(C)(C)N2C(=O)CN(CC)C2S)C1S. The first kappa shape index (κ1) is 30.8. The number of thiol groups is 2. The topological polar surface area (TPSA) is 47.1 Å². The quantitative estimate of drug-likeness (QED) is 0.203. The molecule has 0 aromatic heterocycles. The van der Waals surface area contributed by atoms with Crippen LogP contribution in [0.25, 0.3) is 0 Å². The molecule has 0 N–H and O–H groups in total. The van der Waals surface area contributed by atoms with E-state index < -0.39 is 0 Å². The summed E-state index contributed by atoms with van der Waals surface area (Å²) in [6.07, 6.45) is 13.3. The molecule has 2 amide bonds. The van der Waals surface area contributed by atoms with E-state index in [1.54, 1.807) is 0 Å². The van der Waals surface area contributed by atoms with E-state index in [2.05, 4.69) is 51.3 Å². The average Bonchev–Trinajstić information content (AvgIpc) is 3.25. The third-order valence-electron chi connectivity index (χ3n) is 8.02. The maximum Gasteiger partial charge on any atom is 0.239 e. The molecular weight excluding hydrogens is 476 g/mol. The molecule has 6 nitrogen and oxygen atoms in total. The molecule has 2 fully saturated rings. The zero-order valence-electron chi connectivity index (χ0n) is 23.3. The molecule has 2 heterocycles. The number of amides is 2. The van der Waals surface area contributed by atoms with Crippen molar-refractivity contribution in [2.45, 2.75) is 134 Å². The molecule has 0 radical (unpaired) electrons. The van der Waals surface area contributed by atoms with Gasteiger partial charge in [0.2, 0.25) is 11.8 Å². The van der Waals surface area contributed by atoms with E-state index >= 15 is 0 Å². The molecule has 2 unspecified atom stereocenters. The first-order valence-corrected chi connectivity index (χ1v) is 15.0. The van der Waals surface area contributed by atoms with Crippen LogP contribution in [0.15, 0.2) is 0 Å². The summed E-state index contributed by atoms with van der Waals surface area (Å²) in [6, 6.07) is 0. The van der Waals surface area contributed by atoms with E-state index in [4.69, 9.17) is 25.3 Å². The van der Waals surface area contributed by atoms with Crippen molar-refractivity contribution in [3.8, 4) is 0 Å². The van der Waals surface area contributed by atoms with Gasteiger partial charge < -0.3 is 9.80 Å². The highest BCUT2D eigenvalue weighted by Crippen LogP contribution is 2.33. The molecule has 0 aliphatic carbocycles. The van der Waals surface area contributed by atoms with E-state index in [1.807, 2.05) is 9.80 Å². The molecule has 2 atom stereocenters. The van der Waals surface area contributed by atoms with Crippen molar-refractivity contribution in [2.75, 3.05) is 26.2 Å². The Labute approximate surface area is 226 Å². The molecule has 2 saturated heterocycles. The Kier molecular flexibility index (Phi) is 12.2. The largest absolute Gasteiger partial charge is 0.312 e. The Morgan fingerprint density at radius 2 is 0.914 bits per heavy atom. The third-order valence-corrected chi connectivity index (χ3v) is 9.14. The highest BCUT2D eigenvalue weighted by atomic mass is 32.1. The fourth-order valence-corrected chi connectivity index (χ4v) is 7.06. The van der Waals surface area contributed by atoms with Crippen molar-refractivity contribution < 1.29 is 9.59 Å². The van der Waals surface area contributed by atoms with Gasteiger partial charge in [-0.2, -0.15) is 0 Å². The van der Waals surface area contributed by atoms with Crippen molar-refractivity contribution in [1.29, 1.82) is 0 Å². The highest BCUT2D eigenvalue weighted by molar-refractivity contribution is 7.81. The summed E-state index contributed by atoms with van der Waals surface area (Å²) in [4.78, 5) is 33.2. The van der Waals surface area contributed by atoms with Crippen LogP contribution < -0.4 is 0 Å². The van der Waals surface area contributed by atoms with E-state index in [0.29, 0.717) is 13.1 Å². The van der Waals surface area contributed by atoms with Gasteiger partial charge in [0, 0.05) is 11.1 Å². The van der Waals surface area contributed by atoms with Gasteiger partial charge in [0.15, 0.2) is 0 Å². The van der Waals surface area contributed by atoms with Gasteiger partial charge in [-0.25, -0.2) is 0 Å². The second-order valence-corrected chi connectivity index (χ2v) is 12.6. The Hall–Kier alpha value is -0.440. The minimum absolute atomic E-state index is 0.0886. The fourth-order valence-electron chi connectivity index (χ4n) is 5.69. The minimum atomic E-state index is -0.136. The monoisotopic (exact) mass is 528 g/mol. The summed E-state index contributed by atoms with van der Waals surface area (Å²) in [6.45, 7) is 15.6. The first-order chi connectivity index (χ1) is 16.5. The molecule has 2 aliphatic heterocycles. The lowest BCUT2D eigenvalue weighted by Gasteiger charge is -2.39. The standard InChI is InChI=1S/C27H52N4O2S2/c1-7-28-20-22(32)30(24(28)34)26(3,4)18-16-14-12-10-9-11-13-15-17-19-27(5,6)31-23(33)21-29(8-2)25(31)35/h24-25,34-35H,7-21H2,1-6H3. The van der Waals surface area contributed by atoms with Crippen LogP contribution >= 0.6 is 25.3 Å². The molecule has 0 aromatic carbocycles. The van der Waals surface area contributed by atoms with Crippen LogP contribution in [-0.2, 0) is 9.59 Å². The number of hydrogen-bond donors (Lipinski definition) is 2. The highest BCUT2D eigenvalue weighted by Gasteiger charge is 2.43. The minimum Gasteiger partial charge on any atom is -0.312 e. The van der Waals surface area contributed by atoms with Crippen molar-refractivity contribution in [2.24, 2.45) is 0 Å². The van der Waals surface area contributed by atoms with Crippen molar-refractivity contribution in [1.82, 2.24) is 19.6 Å². The van der Waals surface area contributed by atoms with Gasteiger partial charge in [-0.05, 0) is 53.6 Å². The number of carbonyl (C=O) groups is 2. The molecule has 0 saturated carbocycles. The lowest BCUT2D eigenvalue weighted by atomic mass is 9.93. The van der Waals surface area contributed by atoms with Crippen LogP contribution in [0.1, 0.15) is 112 Å². The second kappa shape index (κ2) is 13.9. The number of rotatable bonds is 16. The van der Waals surface area contributed by atoms with Crippen LogP contribution in [0.5, 0.6) is 0 Å². The van der Waals surface area contributed by atoms with Crippen LogP contribution in [0.4, 0.5) is 0 Å². The molecule has 35 heavy (non-hydrogen) atoms. The molecular formula is C27H52N4O2S2. The smallest absolute Gasteiger partial charge is 0.239 e. The zero-order valence-corrected chi connectivity index (χ0v) is 25.0. The predicted octanol–water partition coefficient (Wildman–Crippen LogP) is 5.59. The molecule has 0 bridgehead atoms. The van der Waals surface area contributed by atoms with E-state index in [1.165, 1.54) is 44.9 Å². The molecule has 8 heteroatoms. The van der Waals surface area contributed by atoms with Crippen LogP contribution in [-0.4, -0.2) is 79.7 Å². The number of likely N-dealkylation sites (N-methyl/N-ethyl adjacent to an activating group) is 2. The van der Waals surface area contributed by atoms with Crippen molar-refractivity contribution >= 4 is 37.1 Å². The van der Waals surface area contributed by atoms with Gasteiger partial charge in [0.05, 0.1) is 13.1 Å². The summed E-state index contributed by atoms with van der Waals surface area (Å²) < 4.78 is 0. The Morgan fingerprint density at radius 1 is 0.629 bits per heavy atom. The number of nitrogens with zero attached hydrogens (tertiary/aromatic N) is 4. The predicted molar refractivity (Wildman–Crippen MR) is 153 cm³/mol. The van der Waals surface area contributed by atoms with Crippen LogP contribution in [0, 0.1) is 0 Å². The summed E-state index contributed by atoms with van der Waals surface area (Å²) >= 11 is 9.41.